The van der Waals surface area contributed by atoms with E-state index in [-0.39, 0.29) is 23.5 Å². The lowest BCUT2D eigenvalue weighted by Gasteiger charge is -2.65. The summed E-state index contributed by atoms with van der Waals surface area (Å²) in [6.07, 6.45) is 2.52. The van der Waals surface area contributed by atoms with Crippen molar-refractivity contribution < 1.29 is 27.8 Å². The van der Waals surface area contributed by atoms with Gasteiger partial charge in [-0.25, -0.2) is 8.42 Å². The predicted molar refractivity (Wildman–Crippen MR) is 162 cm³/mol. The highest BCUT2D eigenvalue weighted by Gasteiger charge is 2.75. The zero-order valence-electron chi connectivity index (χ0n) is 24.6. The van der Waals surface area contributed by atoms with Crippen molar-refractivity contribution in [3.63, 3.8) is 0 Å². The van der Waals surface area contributed by atoms with Gasteiger partial charge in [0, 0.05) is 26.1 Å². The number of hydrogen-bond acceptors (Lipinski definition) is 7. The molecular weight excluding hydrogens is 564 g/mol. The largest absolute Gasteiger partial charge is 0.504 e. The first-order chi connectivity index (χ1) is 20.7. The number of rotatable bonds is 8. The van der Waals surface area contributed by atoms with E-state index in [0.717, 1.165) is 36.2 Å². The summed E-state index contributed by atoms with van der Waals surface area (Å²) in [6, 6.07) is 22.6. The fourth-order valence-electron chi connectivity index (χ4n) is 8.69. The van der Waals surface area contributed by atoms with Crippen LogP contribution in [-0.4, -0.2) is 72.6 Å². The molecule has 0 radical (unpaired) electrons. The number of likely N-dealkylation sites (N-methyl/N-ethyl adjacent to an activating group) is 1. The van der Waals surface area contributed by atoms with E-state index >= 15 is 0 Å². The summed E-state index contributed by atoms with van der Waals surface area (Å²) in [5.41, 5.74) is 2.25. The average Bonchev–Trinajstić information content (AvgIpc) is 3.34. The second kappa shape index (κ2) is 10.4. The first-order valence-corrected chi connectivity index (χ1v) is 16.8. The molecule has 8 nitrogen and oxygen atoms in total. The predicted octanol–water partition coefficient (Wildman–Crippen LogP) is 4.19. The summed E-state index contributed by atoms with van der Waals surface area (Å²) >= 11 is 0. The molecule has 3 aromatic rings. The maximum Gasteiger partial charge on any atom is 0.303 e. The molecule has 1 spiro atoms. The average molecular weight is 603 g/mol. The molecule has 0 aromatic heterocycles. The van der Waals surface area contributed by atoms with Gasteiger partial charge in [0.2, 0.25) is 10.0 Å². The Kier molecular flexibility index (Phi) is 6.83. The number of sulfonamides is 1. The number of phenols is 1. The van der Waals surface area contributed by atoms with Crippen LogP contribution in [0.15, 0.2) is 72.8 Å². The minimum Gasteiger partial charge on any atom is -0.504 e. The molecule has 1 N–H and O–H groups in total. The number of esters is 1. The lowest BCUT2D eigenvalue weighted by atomic mass is 9.48. The van der Waals surface area contributed by atoms with E-state index in [1.165, 1.54) is 16.8 Å². The zero-order valence-corrected chi connectivity index (χ0v) is 25.4. The number of benzene rings is 3. The van der Waals surface area contributed by atoms with Gasteiger partial charge in [0.05, 0.1) is 23.3 Å². The van der Waals surface area contributed by atoms with Crippen molar-refractivity contribution in [3.05, 3.63) is 95.1 Å². The number of piperidine rings is 1. The monoisotopic (exact) mass is 602 g/mol. The zero-order chi connectivity index (χ0) is 30.0. The van der Waals surface area contributed by atoms with Crippen molar-refractivity contribution >= 4 is 16.0 Å². The van der Waals surface area contributed by atoms with E-state index in [0.29, 0.717) is 31.4 Å². The van der Waals surface area contributed by atoms with Gasteiger partial charge in [0.25, 0.3) is 0 Å². The standard InChI is InChI=1S/C34H38N2O6S/c1-23(37)42-34-17-15-27(35(2)43(39,40)22-25-11-7-4-8-12-25)32-33(34)18-20-36(19-16-24-9-5-3-6-10-24)29(34)21-26-13-14-28(38)31(41-32)30(26)33/h3-14,27,29,32,38H,15-22H2,1-2H3/t27-,29+,32-,33-,34+/m0/s1. The fourth-order valence-corrected chi connectivity index (χ4v) is 10.1. The van der Waals surface area contributed by atoms with Gasteiger partial charge in [0.1, 0.15) is 11.7 Å². The van der Waals surface area contributed by atoms with Crippen molar-refractivity contribution in [1.82, 2.24) is 9.21 Å². The summed E-state index contributed by atoms with van der Waals surface area (Å²) in [6.45, 7) is 3.03. The molecule has 2 heterocycles. The van der Waals surface area contributed by atoms with Crippen molar-refractivity contribution in [2.24, 2.45) is 0 Å². The third kappa shape index (κ3) is 4.30. The number of aromatic hydroxyl groups is 1. The topological polar surface area (TPSA) is 96.4 Å². The molecule has 2 bridgehead atoms. The Morgan fingerprint density at radius 3 is 2.44 bits per heavy atom. The Bertz CT molecular complexity index is 1650. The molecule has 226 valence electrons. The Balaban J connectivity index is 1.31. The van der Waals surface area contributed by atoms with Gasteiger partial charge in [-0.3, -0.25) is 9.69 Å². The summed E-state index contributed by atoms with van der Waals surface area (Å²) in [5, 5.41) is 11.0. The number of likely N-dealkylation sites (tertiary alicyclic amines) is 1. The van der Waals surface area contributed by atoms with E-state index in [1.807, 2.05) is 42.5 Å². The van der Waals surface area contributed by atoms with Gasteiger partial charge >= 0.3 is 5.97 Å². The molecule has 0 amide bonds. The van der Waals surface area contributed by atoms with Gasteiger partial charge < -0.3 is 14.6 Å². The molecule has 2 aliphatic heterocycles. The van der Waals surface area contributed by atoms with Crippen LogP contribution in [-0.2, 0) is 43.6 Å². The van der Waals surface area contributed by atoms with Gasteiger partial charge in [-0.15, -0.1) is 0 Å². The van der Waals surface area contributed by atoms with Crippen LogP contribution in [0, 0.1) is 0 Å². The third-order valence-electron chi connectivity index (χ3n) is 10.5. The number of phenolic OH excluding ortho intramolecular Hbond substituents is 1. The number of carbonyl (C=O) groups excluding carboxylic acids is 1. The normalized spacial score (nSPS) is 29.1. The van der Waals surface area contributed by atoms with Gasteiger partial charge in [-0.2, -0.15) is 4.31 Å². The quantitative estimate of drug-likeness (QED) is 0.387. The molecule has 5 atom stereocenters. The maximum absolute atomic E-state index is 13.8. The molecule has 1 saturated carbocycles. The number of hydrogen-bond donors (Lipinski definition) is 1. The highest BCUT2D eigenvalue weighted by atomic mass is 32.2. The van der Waals surface area contributed by atoms with Gasteiger partial charge in [0.15, 0.2) is 11.5 Å². The smallest absolute Gasteiger partial charge is 0.303 e. The molecule has 4 aliphatic rings. The lowest BCUT2D eigenvalue weighted by molar-refractivity contribution is -0.221. The highest BCUT2D eigenvalue weighted by molar-refractivity contribution is 7.88. The van der Waals surface area contributed by atoms with Crippen LogP contribution in [0.1, 0.15) is 48.4 Å². The SMILES string of the molecule is CC(=O)O[C@@]12CC[C@H](N(C)S(=O)(=O)Cc3ccccc3)[C@@H]3Oc4c(O)ccc5c4[C@@]31CCN(CCc1ccccc1)[C@@H]2C5. The second-order valence-electron chi connectivity index (χ2n) is 12.5. The van der Waals surface area contributed by atoms with Crippen LogP contribution >= 0.6 is 0 Å². The van der Waals surface area contributed by atoms with E-state index in [4.69, 9.17) is 9.47 Å². The van der Waals surface area contributed by atoms with Crippen LogP contribution in [0.2, 0.25) is 0 Å². The van der Waals surface area contributed by atoms with E-state index < -0.39 is 33.2 Å². The molecular formula is C34H38N2O6S. The minimum atomic E-state index is -3.71. The van der Waals surface area contributed by atoms with Crippen LogP contribution in [0.5, 0.6) is 11.5 Å². The van der Waals surface area contributed by atoms with Crippen molar-refractivity contribution in [2.45, 2.75) is 74.0 Å². The summed E-state index contributed by atoms with van der Waals surface area (Å²) in [5.74, 6) is -0.0167. The second-order valence-corrected chi connectivity index (χ2v) is 14.6. The highest BCUT2D eigenvalue weighted by Crippen LogP contribution is 2.67. The Morgan fingerprint density at radius 2 is 1.74 bits per heavy atom. The lowest BCUT2D eigenvalue weighted by Crippen LogP contribution is -2.79. The van der Waals surface area contributed by atoms with Crippen LogP contribution in [0.25, 0.3) is 0 Å². The van der Waals surface area contributed by atoms with Crippen molar-refractivity contribution in [2.75, 3.05) is 20.1 Å². The number of nitrogens with zero attached hydrogens (tertiary/aromatic N) is 2. The van der Waals surface area contributed by atoms with Crippen LogP contribution in [0.3, 0.4) is 0 Å². The molecule has 3 aromatic carbocycles. The summed E-state index contributed by atoms with van der Waals surface area (Å²) in [7, 11) is -2.07. The van der Waals surface area contributed by atoms with E-state index in [1.54, 1.807) is 13.1 Å². The van der Waals surface area contributed by atoms with Gasteiger partial charge in [-0.05, 0) is 61.4 Å². The third-order valence-corrected chi connectivity index (χ3v) is 12.3. The molecule has 43 heavy (non-hydrogen) atoms. The number of carbonyl (C=O) groups is 1. The molecule has 7 rings (SSSR count). The Labute approximate surface area is 253 Å². The Hall–Kier alpha value is -3.40. The van der Waals surface area contributed by atoms with E-state index in [9.17, 15) is 18.3 Å². The van der Waals surface area contributed by atoms with Crippen molar-refractivity contribution in [1.29, 1.82) is 0 Å². The molecule has 0 unspecified atom stereocenters. The summed E-state index contributed by atoms with van der Waals surface area (Å²) in [4.78, 5) is 15.4. The van der Waals surface area contributed by atoms with E-state index in [2.05, 4.69) is 29.2 Å². The first-order valence-electron chi connectivity index (χ1n) is 15.2. The Morgan fingerprint density at radius 1 is 1.05 bits per heavy atom. The molecule has 2 aliphatic carbocycles. The van der Waals surface area contributed by atoms with Gasteiger partial charge in [-0.1, -0.05) is 66.7 Å². The summed E-state index contributed by atoms with van der Waals surface area (Å²) < 4.78 is 42.3. The maximum atomic E-state index is 13.8. The minimum absolute atomic E-state index is 0.0396. The molecule has 9 heteroatoms. The molecule has 2 fully saturated rings. The van der Waals surface area contributed by atoms with Crippen LogP contribution < -0.4 is 4.74 Å². The molecule has 1 saturated heterocycles. The van der Waals surface area contributed by atoms with Crippen LogP contribution in [0.4, 0.5) is 0 Å². The van der Waals surface area contributed by atoms with Crippen molar-refractivity contribution in [3.8, 4) is 11.5 Å². The first kappa shape index (κ1) is 28.4. The fraction of sp³-hybridized carbons (Fsp3) is 0.441. The number of ether oxygens (including phenoxy) is 2.